The molecule has 0 aromatic heterocycles. The van der Waals surface area contributed by atoms with Crippen LogP contribution in [0.25, 0.3) is 11.8 Å². The zero-order valence-corrected chi connectivity index (χ0v) is 13.1. The molecule has 21 heavy (non-hydrogen) atoms. The third-order valence-electron chi connectivity index (χ3n) is 3.25. The van der Waals surface area contributed by atoms with E-state index in [4.69, 9.17) is 4.74 Å². The molecule has 2 aromatic rings. The van der Waals surface area contributed by atoms with Crippen molar-refractivity contribution in [2.24, 2.45) is 0 Å². The fourth-order valence-electron chi connectivity index (χ4n) is 2.09. The lowest BCUT2D eigenvalue weighted by molar-refractivity contribution is -0.130. The van der Waals surface area contributed by atoms with Crippen LogP contribution in [0.3, 0.4) is 0 Å². The Kier molecular flexibility index (Phi) is 3.76. The summed E-state index contributed by atoms with van der Waals surface area (Å²) >= 11 is 3.39. The van der Waals surface area contributed by atoms with E-state index in [0.29, 0.717) is 11.3 Å². The van der Waals surface area contributed by atoms with E-state index in [0.717, 1.165) is 15.6 Å². The lowest BCUT2D eigenvalue weighted by Gasteiger charge is -2.01. The summed E-state index contributed by atoms with van der Waals surface area (Å²) in [6, 6.07) is 15.7. The van der Waals surface area contributed by atoms with Crippen LogP contribution in [0.5, 0.6) is 0 Å². The predicted octanol–water partition coefficient (Wildman–Crippen LogP) is 4.74. The van der Waals surface area contributed by atoms with E-state index in [1.54, 1.807) is 6.08 Å². The fraction of sp³-hybridized carbons (Fsp3) is 0.0556. The van der Waals surface area contributed by atoms with Crippen LogP contribution in [0.4, 0.5) is 0 Å². The topological polar surface area (TPSA) is 26.3 Å². The Morgan fingerprint density at radius 3 is 2.33 bits per heavy atom. The zero-order chi connectivity index (χ0) is 14.8. The summed E-state index contributed by atoms with van der Waals surface area (Å²) in [5, 5.41) is 0. The molecule has 0 unspecified atom stereocenters. The first-order valence-electron chi connectivity index (χ1n) is 6.60. The van der Waals surface area contributed by atoms with Gasteiger partial charge < -0.3 is 4.74 Å². The summed E-state index contributed by atoms with van der Waals surface area (Å²) in [6.45, 7) is 2.03. The first-order valence-corrected chi connectivity index (χ1v) is 7.39. The maximum Gasteiger partial charge on any atom is 0.343 e. The number of ether oxygens (including phenoxy) is 1. The van der Waals surface area contributed by atoms with Gasteiger partial charge in [0.25, 0.3) is 0 Å². The minimum Gasteiger partial charge on any atom is -0.422 e. The molecule has 0 saturated carbocycles. The van der Waals surface area contributed by atoms with Gasteiger partial charge in [-0.1, -0.05) is 57.9 Å². The number of rotatable bonds is 2. The van der Waals surface area contributed by atoms with Crippen molar-refractivity contribution >= 4 is 33.7 Å². The van der Waals surface area contributed by atoms with Crippen molar-refractivity contribution in [3.63, 3.8) is 0 Å². The van der Waals surface area contributed by atoms with E-state index in [2.05, 4.69) is 15.9 Å². The van der Waals surface area contributed by atoms with Crippen molar-refractivity contribution in [1.82, 2.24) is 0 Å². The van der Waals surface area contributed by atoms with Gasteiger partial charge in [0.2, 0.25) is 0 Å². The third kappa shape index (κ3) is 3.14. The normalized spacial score (nSPS) is 16.0. The SMILES string of the molecule is Cc1ccc(/C=C2/C=C(c3ccc(Br)cc3)OC2=O)cc1. The van der Waals surface area contributed by atoms with Gasteiger partial charge in [0.05, 0.1) is 5.57 Å². The molecular formula is C18H13BrO2. The third-order valence-corrected chi connectivity index (χ3v) is 3.78. The van der Waals surface area contributed by atoms with Crippen LogP contribution in [0.1, 0.15) is 16.7 Å². The number of benzene rings is 2. The molecule has 0 radical (unpaired) electrons. The first-order chi connectivity index (χ1) is 10.1. The number of hydrogen-bond acceptors (Lipinski definition) is 2. The van der Waals surface area contributed by atoms with Crippen LogP contribution in [0.15, 0.2) is 64.7 Å². The molecule has 0 fully saturated rings. The molecule has 3 heteroatoms. The number of carbonyl (C=O) groups is 1. The summed E-state index contributed by atoms with van der Waals surface area (Å²) in [4.78, 5) is 11.9. The first kappa shape index (κ1) is 13.8. The predicted molar refractivity (Wildman–Crippen MR) is 87.4 cm³/mol. The van der Waals surface area contributed by atoms with Crippen LogP contribution < -0.4 is 0 Å². The van der Waals surface area contributed by atoms with Gasteiger partial charge in [0, 0.05) is 10.0 Å². The number of aryl methyl sites for hydroxylation is 1. The Morgan fingerprint density at radius 1 is 1.00 bits per heavy atom. The summed E-state index contributed by atoms with van der Waals surface area (Å²) in [7, 11) is 0. The monoisotopic (exact) mass is 340 g/mol. The molecule has 0 saturated heterocycles. The molecule has 0 spiro atoms. The standard InChI is InChI=1S/C18H13BrO2/c1-12-2-4-13(5-3-12)10-15-11-17(21-18(15)20)14-6-8-16(19)9-7-14/h2-11H,1H3/b15-10-. The van der Waals surface area contributed by atoms with Crippen molar-refractivity contribution in [3.8, 4) is 0 Å². The second-order valence-corrected chi connectivity index (χ2v) is 5.83. The molecule has 2 nitrogen and oxygen atoms in total. The van der Waals surface area contributed by atoms with E-state index in [1.165, 1.54) is 5.56 Å². The van der Waals surface area contributed by atoms with Crippen molar-refractivity contribution in [3.05, 3.63) is 81.3 Å². The molecule has 0 N–H and O–H groups in total. The van der Waals surface area contributed by atoms with Crippen LogP contribution in [0.2, 0.25) is 0 Å². The Balaban J connectivity index is 1.91. The van der Waals surface area contributed by atoms with Crippen LogP contribution >= 0.6 is 15.9 Å². The molecule has 1 aliphatic heterocycles. The maximum atomic E-state index is 11.9. The number of esters is 1. The van der Waals surface area contributed by atoms with E-state index >= 15 is 0 Å². The molecule has 1 aliphatic rings. The van der Waals surface area contributed by atoms with E-state index in [1.807, 2.05) is 61.5 Å². The summed E-state index contributed by atoms with van der Waals surface area (Å²) < 4.78 is 6.33. The quantitative estimate of drug-likeness (QED) is 0.583. The Labute approximate surface area is 131 Å². The second-order valence-electron chi connectivity index (χ2n) is 4.92. The van der Waals surface area contributed by atoms with E-state index in [-0.39, 0.29) is 5.97 Å². The average Bonchev–Trinajstić information content (AvgIpc) is 2.83. The number of hydrogen-bond donors (Lipinski definition) is 0. The smallest absolute Gasteiger partial charge is 0.343 e. The molecule has 104 valence electrons. The Bertz CT molecular complexity index is 738. The lowest BCUT2D eigenvalue weighted by atomic mass is 10.1. The summed E-state index contributed by atoms with van der Waals surface area (Å²) in [5.74, 6) is 0.277. The van der Waals surface area contributed by atoms with Crippen LogP contribution in [-0.4, -0.2) is 5.97 Å². The van der Waals surface area contributed by atoms with E-state index in [9.17, 15) is 4.79 Å². The van der Waals surface area contributed by atoms with E-state index < -0.39 is 0 Å². The lowest BCUT2D eigenvalue weighted by Crippen LogP contribution is -1.97. The van der Waals surface area contributed by atoms with Gasteiger partial charge in [-0.15, -0.1) is 0 Å². The molecular weight excluding hydrogens is 328 g/mol. The number of carbonyl (C=O) groups excluding carboxylic acids is 1. The van der Waals surface area contributed by atoms with Crippen LogP contribution in [0, 0.1) is 6.92 Å². The van der Waals surface area contributed by atoms with Gasteiger partial charge in [0.15, 0.2) is 0 Å². The van der Waals surface area contributed by atoms with Crippen molar-refractivity contribution in [2.45, 2.75) is 6.92 Å². The molecule has 2 aromatic carbocycles. The highest BCUT2D eigenvalue weighted by atomic mass is 79.9. The minimum absolute atomic E-state index is 0.312. The molecule has 0 amide bonds. The maximum absolute atomic E-state index is 11.9. The van der Waals surface area contributed by atoms with Crippen molar-refractivity contribution in [1.29, 1.82) is 0 Å². The number of cyclic esters (lactones) is 1. The van der Waals surface area contributed by atoms with Gasteiger partial charge in [-0.2, -0.15) is 0 Å². The number of halogens is 1. The Morgan fingerprint density at radius 2 is 1.67 bits per heavy atom. The van der Waals surface area contributed by atoms with Crippen molar-refractivity contribution < 1.29 is 9.53 Å². The van der Waals surface area contributed by atoms with Gasteiger partial charge in [-0.05, 0) is 36.8 Å². The average molecular weight is 341 g/mol. The van der Waals surface area contributed by atoms with Gasteiger partial charge >= 0.3 is 5.97 Å². The van der Waals surface area contributed by atoms with Gasteiger partial charge in [-0.25, -0.2) is 4.79 Å². The van der Waals surface area contributed by atoms with Gasteiger partial charge in [-0.3, -0.25) is 0 Å². The van der Waals surface area contributed by atoms with Crippen LogP contribution in [-0.2, 0) is 9.53 Å². The second kappa shape index (κ2) is 5.70. The minimum atomic E-state index is -0.312. The zero-order valence-electron chi connectivity index (χ0n) is 11.5. The van der Waals surface area contributed by atoms with Crippen molar-refractivity contribution in [2.75, 3.05) is 0 Å². The van der Waals surface area contributed by atoms with Gasteiger partial charge in [0.1, 0.15) is 5.76 Å². The molecule has 0 aliphatic carbocycles. The largest absolute Gasteiger partial charge is 0.422 e. The molecule has 3 rings (SSSR count). The molecule has 0 atom stereocenters. The highest BCUT2D eigenvalue weighted by Crippen LogP contribution is 2.28. The summed E-state index contributed by atoms with van der Waals surface area (Å²) in [6.07, 6.45) is 3.62. The fourth-order valence-corrected chi connectivity index (χ4v) is 2.35. The molecule has 1 heterocycles. The summed E-state index contributed by atoms with van der Waals surface area (Å²) in [5.41, 5.74) is 3.63. The molecule has 0 bridgehead atoms. The highest BCUT2D eigenvalue weighted by molar-refractivity contribution is 9.10. The Hall–Kier alpha value is -2.13. The highest BCUT2D eigenvalue weighted by Gasteiger charge is 2.21.